The van der Waals surface area contributed by atoms with Gasteiger partial charge in [0.2, 0.25) is 10.0 Å². The normalized spacial score (nSPS) is 17.9. The van der Waals surface area contributed by atoms with Crippen LogP contribution >= 0.6 is 0 Å². The highest BCUT2D eigenvalue weighted by Crippen LogP contribution is 2.26. The van der Waals surface area contributed by atoms with Gasteiger partial charge in [-0.25, -0.2) is 8.42 Å². The number of ether oxygens (including phenoxy) is 1. The number of rotatable bonds is 6. The van der Waals surface area contributed by atoms with Gasteiger partial charge in [-0.3, -0.25) is 9.59 Å². The number of methoxy groups -OCH3 is 1. The largest absolute Gasteiger partial charge is 0.497 e. The SMILES string of the molecule is CCNC(=O)C(=O)NC[C@@H]1CCCN1S(=O)(=O)c1ccc(OC)cc1. The molecule has 0 bridgehead atoms. The predicted octanol–water partition coefficient (Wildman–Crippen LogP) is 0.101. The third-order valence-corrected chi connectivity index (χ3v) is 6.00. The van der Waals surface area contributed by atoms with E-state index in [0.717, 1.165) is 0 Å². The smallest absolute Gasteiger partial charge is 0.309 e. The zero-order chi connectivity index (χ0) is 18.4. The monoisotopic (exact) mass is 369 g/mol. The molecule has 0 unspecified atom stereocenters. The Labute approximate surface area is 147 Å². The Hall–Kier alpha value is -2.13. The van der Waals surface area contributed by atoms with Crippen molar-refractivity contribution in [1.82, 2.24) is 14.9 Å². The predicted molar refractivity (Wildman–Crippen MR) is 91.6 cm³/mol. The van der Waals surface area contributed by atoms with E-state index in [1.807, 2.05) is 0 Å². The zero-order valence-corrected chi connectivity index (χ0v) is 15.1. The van der Waals surface area contributed by atoms with Gasteiger partial charge in [-0.1, -0.05) is 0 Å². The molecule has 0 spiro atoms. The van der Waals surface area contributed by atoms with Crippen molar-refractivity contribution in [1.29, 1.82) is 0 Å². The number of nitrogens with one attached hydrogen (secondary N) is 2. The fourth-order valence-electron chi connectivity index (χ4n) is 2.74. The van der Waals surface area contributed by atoms with Crippen LogP contribution in [-0.2, 0) is 19.6 Å². The summed E-state index contributed by atoms with van der Waals surface area (Å²) in [5.41, 5.74) is 0. The van der Waals surface area contributed by atoms with Gasteiger partial charge in [0.05, 0.1) is 12.0 Å². The van der Waals surface area contributed by atoms with Crippen molar-refractivity contribution >= 4 is 21.8 Å². The lowest BCUT2D eigenvalue weighted by Crippen LogP contribution is -2.46. The molecule has 1 fully saturated rings. The van der Waals surface area contributed by atoms with Crippen LogP contribution in [0.5, 0.6) is 5.75 Å². The van der Waals surface area contributed by atoms with Gasteiger partial charge in [-0.2, -0.15) is 4.31 Å². The summed E-state index contributed by atoms with van der Waals surface area (Å²) in [7, 11) is -2.15. The zero-order valence-electron chi connectivity index (χ0n) is 14.3. The van der Waals surface area contributed by atoms with E-state index in [0.29, 0.717) is 31.7 Å². The van der Waals surface area contributed by atoms with Gasteiger partial charge < -0.3 is 15.4 Å². The van der Waals surface area contributed by atoms with Gasteiger partial charge in [0.1, 0.15) is 5.75 Å². The molecular weight excluding hydrogens is 346 g/mol. The van der Waals surface area contributed by atoms with Crippen LogP contribution in [0, 0.1) is 0 Å². The van der Waals surface area contributed by atoms with E-state index in [9.17, 15) is 18.0 Å². The molecule has 138 valence electrons. The lowest BCUT2D eigenvalue weighted by molar-refractivity contribution is -0.139. The van der Waals surface area contributed by atoms with E-state index in [2.05, 4.69) is 10.6 Å². The average Bonchev–Trinajstić information content (AvgIpc) is 3.09. The van der Waals surface area contributed by atoms with E-state index >= 15 is 0 Å². The highest BCUT2D eigenvalue weighted by molar-refractivity contribution is 7.89. The summed E-state index contributed by atoms with van der Waals surface area (Å²) in [5.74, 6) is -0.897. The van der Waals surface area contributed by atoms with E-state index < -0.39 is 21.8 Å². The number of sulfonamides is 1. The first-order chi connectivity index (χ1) is 11.9. The maximum absolute atomic E-state index is 12.8. The molecule has 25 heavy (non-hydrogen) atoms. The van der Waals surface area contributed by atoms with Crippen molar-refractivity contribution in [2.45, 2.75) is 30.7 Å². The lowest BCUT2D eigenvalue weighted by atomic mass is 10.2. The molecule has 2 N–H and O–H groups in total. The number of amides is 2. The van der Waals surface area contributed by atoms with E-state index in [1.54, 1.807) is 19.1 Å². The molecule has 1 aromatic carbocycles. The molecule has 1 aliphatic heterocycles. The third-order valence-electron chi connectivity index (χ3n) is 4.03. The molecular formula is C16H23N3O5S. The van der Waals surface area contributed by atoms with E-state index in [-0.39, 0.29) is 17.5 Å². The van der Waals surface area contributed by atoms with Crippen molar-refractivity contribution in [3.05, 3.63) is 24.3 Å². The summed E-state index contributed by atoms with van der Waals surface area (Å²) in [5, 5.41) is 4.91. The molecule has 2 amide bonds. The molecule has 1 heterocycles. The van der Waals surface area contributed by atoms with Crippen molar-refractivity contribution in [3.63, 3.8) is 0 Å². The molecule has 9 heteroatoms. The van der Waals surface area contributed by atoms with Gasteiger partial charge >= 0.3 is 11.8 Å². The summed E-state index contributed by atoms with van der Waals surface area (Å²) in [6, 6.07) is 5.81. The van der Waals surface area contributed by atoms with Crippen molar-refractivity contribution in [3.8, 4) is 5.75 Å². The van der Waals surface area contributed by atoms with Crippen LogP contribution in [0.2, 0.25) is 0 Å². The second kappa shape index (κ2) is 8.30. The van der Waals surface area contributed by atoms with Crippen LogP contribution in [0.1, 0.15) is 19.8 Å². The van der Waals surface area contributed by atoms with Crippen LogP contribution in [0.15, 0.2) is 29.2 Å². The highest BCUT2D eigenvalue weighted by atomic mass is 32.2. The van der Waals surface area contributed by atoms with Gasteiger partial charge in [0.15, 0.2) is 0 Å². The Morgan fingerprint density at radius 1 is 1.20 bits per heavy atom. The molecule has 0 saturated carbocycles. The Morgan fingerprint density at radius 2 is 1.84 bits per heavy atom. The maximum Gasteiger partial charge on any atom is 0.309 e. The summed E-state index contributed by atoms with van der Waals surface area (Å²) in [4.78, 5) is 23.3. The molecule has 0 aliphatic carbocycles. The summed E-state index contributed by atoms with van der Waals surface area (Å²) < 4.78 is 32.1. The van der Waals surface area contributed by atoms with Crippen molar-refractivity contribution < 1.29 is 22.7 Å². The number of carbonyl (C=O) groups excluding carboxylic acids is 2. The number of likely N-dealkylation sites (N-methyl/N-ethyl adjacent to an activating group) is 1. The second-order valence-corrected chi connectivity index (χ2v) is 7.55. The number of hydrogen-bond donors (Lipinski definition) is 2. The molecule has 8 nitrogen and oxygen atoms in total. The van der Waals surface area contributed by atoms with Crippen molar-refractivity contribution in [2.24, 2.45) is 0 Å². The molecule has 1 saturated heterocycles. The maximum atomic E-state index is 12.8. The van der Waals surface area contributed by atoms with Gasteiger partial charge in [0.25, 0.3) is 0 Å². The van der Waals surface area contributed by atoms with Crippen molar-refractivity contribution in [2.75, 3.05) is 26.7 Å². The first-order valence-corrected chi connectivity index (χ1v) is 9.56. The van der Waals surface area contributed by atoms with E-state index in [4.69, 9.17) is 4.74 Å². The third kappa shape index (κ3) is 4.49. The minimum absolute atomic E-state index is 0.103. The standard InChI is InChI=1S/C16H23N3O5S/c1-3-17-15(20)16(21)18-11-12-5-4-10-19(12)25(22,23)14-8-6-13(24-2)7-9-14/h6-9,12H,3-5,10-11H2,1-2H3,(H,17,20)(H,18,21)/t12-/m0/s1. The number of benzene rings is 1. The first-order valence-electron chi connectivity index (χ1n) is 8.12. The number of hydrogen-bond acceptors (Lipinski definition) is 5. The van der Waals surface area contributed by atoms with E-state index in [1.165, 1.54) is 23.5 Å². The Bertz CT molecular complexity index is 718. The minimum Gasteiger partial charge on any atom is -0.497 e. The molecule has 2 rings (SSSR count). The Morgan fingerprint density at radius 3 is 2.44 bits per heavy atom. The summed E-state index contributed by atoms with van der Waals surface area (Å²) in [6.07, 6.45) is 1.34. The molecule has 1 aliphatic rings. The highest BCUT2D eigenvalue weighted by Gasteiger charge is 2.35. The van der Waals surface area contributed by atoms with Crippen LogP contribution in [0.3, 0.4) is 0 Å². The minimum atomic E-state index is -3.67. The van der Waals surface area contributed by atoms with Gasteiger partial charge in [-0.05, 0) is 44.0 Å². The fraction of sp³-hybridized carbons (Fsp3) is 0.500. The Balaban J connectivity index is 2.06. The van der Waals surface area contributed by atoms with Gasteiger partial charge in [-0.15, -0.1) is 0 Å². The number of nitrogens with zero attached hydrogens (tertiary/aromatic N) is 1. The summed E-state index contributed by atoms with van der Waals surface area (Å²) >= 11 is 0. The first kappa shape index (κ1) is 19.2. The van der Waals surface area contributed by atoms with Crippen LogP contribution in [0.4, 0.5) is 0 Å². The average molecular weight is 369 g/mol. The Kier molecular flexibility index (Phi) is 6.38. The summed E-state index contributed by atoms with van der Waals surface area (Å²) in [6.45, 7) is 2.56. The molecule has 0 radical (unpaired) electrons. The van der Waals surface area contributed by atoms with Gasteiger partial charge in [0, 0.05) is 25.7 Å². The lowest BCUT2D eigenvalue weighted by Gasteiger charge is -2.24. The van der Waals surface area contributed by atoms with Crippen LogP contribution in [0.25, 0.3) is 0 Å². The quantitative estimate of drug-likeness (QED) is 0.692. The molecule has 1 aromatic rings. The number of carbonyl (C=O) groups is 2. The van der Waals surface area contributed by atoms with Crippen LogP contribution in [-0.4, -0.2) is 57.3 Å². The van der Waals surface area contributed by atoms with Crippen LogP contribution < -0.4 is 15.4 Å². The topological polar surface area (TPSA) is 105 Å². The molecule has 1 atom stereocenters. The fourth-order valence-corrected chi connectivity index (χ4v) is 4.44. The molecule has 0 aromatic heterocycles. The second-order valence-electron chi connectivity index (χ2n) is 5.66.